The van der Waals surface area contributed by atoms with E-state index in [9.17, 15) is 0 Å². The molecule has 1 aromatic carbocycles. The van der Waals surface area contributed by atoms with Crippen molar-refractivity contribution in [2.45, 2.75) is 83.5 Å². The predicted octanol–water partition coefficient (Wildman–Crippen LogP) is 5.00. The zero-order chi connectivity index (χ0) is 25.6. The molecule has 2 saturated heterocycles. The molecular weight excluding hydrogens is 470 g/mol. The van der Waals surface area contributed by atoms with Crippen molar-refractivity contribution in [3.05, 3.63) is 71.8 Å². The van der Waals surface area contributed by atoms with Crippen LogP contribution in [0.3, 0.4) is 0 Å². The van der Waals surface area contributed by atoms with Gasteiger partial charge in [0.15, 0.2) is 0 Å². The fourth-order valence-corrected chi connectivity index (χ4v) is 7.16. The van der Waals surface area contributed by atoms with Crippen LogP contribution in [0.2, 0.25) is 0 Å². The number of H-pyrrole nitrogens is 2. The molecule has 0 amide bonds. The number of imidazole rings is 2. The van der Waals surface area contributed by atoms with Crippen molar-refractivity contribution in [1.29, 1.82) is 0 Å². The van der Waals surface area contributed by atoms with E-state index < -0.39 is 0 Å². The number of aromatic nitrogens is 4. The van der Waals surface area contributed by atoms with E-state index in [1.807, 2.05) is 18.6 Å². The highest BCUT2D eigenvalue weighted by Gasteiger charge is 2.41. The van der Waals surface area contributed by atoms with Crippen LogP contribution in [0.25, 0.3) is 0 Å². The van der Waals surface area contributed by atoms with Gasteiger partial charge in [-0.2, -0.15) is 0 Å². The molecule has 0 unspecified atom stereocenters. The van der Waals surface area contributed by atoms with Crippen LogP contribution >= 0.6 is 0 Å². The Morgan fingerprint density at radius 1 is 0.921 bits per heavy atom. The van der Waals surface area contributed by atoms with Crippen LogP contribution in [-0.2, 0) is 26.1 Å². The molecule has 1 spiro atoms. The number of rotatable bonds is 10. The SMILES string of the molecule is c1c[nH]c(CN(CCc2cnc[nH]2)Cc2ccc(CN3CCC4(CCN(C5CCCCC5)CC4)C3)cc2)n1. The minimum atomic E-state index is 0.576. The molecule has 1 aliphatic carbocycles. The molecule has 4 heterocycles. The van der Waals surface area contributed by atoms with Gasteiger partial charge in [0.2, 0.25) is 0 Å². The fourth-order valence-electron chi connectivity index (χ4n) is 7.16. The molecule has 38 heavy (non-hydrogen) atoms. The van der Waals surface area contributed by atoms with E-state index in [1.165, 1.54) is 94.4 Å². The molecule has 0 atom stereocenters. The third-order valence-corrected chi connectivity index (χ3v) is 9.48. The molecule has 0 radical (unpaired) electrons. The van der Waals surface area contributed by atoms with Gasteiger partial charge >= 0.3 is 0 Å². The summed E-state index contributed by atoms with van der Waals surface area (Å²) in [6.45, 7) is 9.00. The van der Waals surface area contributed by atoms with Gasteiger partial charge in [0.1, 0.15) is 5.82 Å². The first-order valence-electron chi connectivity index (χ1n) is 15.0. The van der Waals surface area contributed by atoms with Gasteiger partial charge in [-0.15, -0.1) is 0 Å². The largest absolute Gasteiger partial charge is 0.348 e. The maximum atomic E-state index is 4.45. The lowest BCUT2D eigenvalue weighted by Gasteiger charge is -2.43. The second kappa shape index (κ2) is 12.1. The lowest BCUT2D eigenvalue weighted by Crippen LogP contribution is -2.46. The Hall–Kier alpha value is -2.48. The highest BCUT2D eigenvalue weighted by atomic mass is 15.2. The van der Waals surface area contributed by atoms with Crippen LogP contribution in [0.4, 0.5) is 0 Å². The van der Waals surface area contributed by atoms with E-state index in [-0.39, 0.29) is 0 Å². The van der Waals surface area contributed by atoms with Crippen molar-refractivity contribution in [3.8, 4) is 0 Å². The minimum Gasteiger partial charge on any atom is -0.348 e. The van der Waals surface area contributed by atoms with Crippen molar-refractivity contribution in [1.82, 2.24) is 34.6 Å². The Balaban J connectivity index is 0.996. The number of aromatic amines is 2. The number of nitrogens with one attached hydrogen (secondary N) is 2. The van der Waals surface area contributed by atoms with Gasteiger partial charge in [-0.1, -0.05) is 43.5 Å². The third kappa shape index (κ3) is 6.56. The smallest absolute Gasteiger partial charge is 0.120 e. The average Bonchev–Trinajstić information content (AvgIpc) is 3.73. The zero-order valence-corrected chi connectivity index (χ0v) is 23.0. The standard InChI is InChI=1S/C31H45N7/c1-2-4-29(5-3-1)38-18-12-31(13-19-38)11-17-37(24-31)22-27-8-6-26(7-9-27)21-36(23-30-33-14-15-34-30)16-10-28-20-32-25-35-28/h6-9,14-15,20,25,29H,1-5,10-13,16-19,21-24H2,(H,32,35)(H,33,34). The average molecular weight is 516 g/mol. The highest BCUT2D eigenvalue weighted by molar-refractivity contribution is 5.23. The Kier molecular flexibility index (Phi) is 8.24. The molecule has 2 aliphatic heterocycles. The van der Waals surface area contributed by atoms with E-state index in [4.69, 9.17) is 0 Å². The normalized spacial score (nSPS) is 21.1. The van der Waals surface area contributed by atoms with Gasteiger partial charge in [0, 0.05) is 62.9 Å². The molecule has 6 rings (SSSR count). The summed E-state index contributed by atoms with van der Waals surface area (Å²) in [4.78, 5) is 23.1. The molecule has 204 valence electrons. The fraction of sp³-hybridized carbons (Fsp3) is 0.613. The van der Waals surface area contributed by atoms with Gasteiger partial charge in [-0.3, -0.25) is 9.80 Å². The van der Waals surface area contributed by atoms with Crippen LogP contribution in [0.15, 0.2) is 49.2 Å². The van der Waals surface area contributed by atoms with Crippen LogP contribution in [0, 0.1) is 5.41 Å². The summed E-state index contributed by atoms with van der Waals surface area (Å²) in [5, 5.41) is 0. The lowest BCUT2D eigenvalue weighted by molar-refractivity contribution is 0.0615. The summed E-state index contributed by atoms with van der Waals surface area (Å²) >= 11 is 0. The van der Waals surface area contributed by atoms with Crippen LogP contribution < -0.4 is 0 Å². The van der Waals surface area contributed by atoms with Crippen molar-refractivity contribution in [3.63, 3.8) is 0 Å². The molecule has 3 fully saturated rings. The quantitative estimate of drug-likeness (QED) is 0.398. The van der Waals surface area contributed by atoms with Gasteiger partial charge in [0.05, 0.1) is 12.9 Å². The summed E-state index contributed by atoms with van der Waals surface area (Å²) in [5.74, 6) is 1.01. The first-order chi connectivity index (χ1) is 18.7. The molecule has 3 aromatic rings. The van der Waals surface area contributed by atoms with E-state index in [0.717, 1.165) is 44.5 Å². The summed E-state index contributed by atoms with van der Waals surface area (Å²) in [5.41, 5.74) is 4.55. The number of benzene rings is 1. The molecule has 7 nitrogen and oxygen atoms in total. The van der Waals surface area contributed by atoms with E-state index in [0.29, 0.717) is 5.41 Å². The molecule has 7 heteroatoms. The Morgan fingerprint density at radius 3 is 2.45 bits per heavy atom. The first kappa shape index (κ1) is 25.8. The second-order valence-corrected chi connectivity index (χ2v) is 12.2. The van der Waals surface area contributed by atoms with Crippen molar-refractivity contribution in [2.75, 3.05) is 32.7 Å². The molecule has 2 aromatic heterocycles. The van der Waals surface area contributed by atoms with E-state index in [1.54, 1.807) is 6.33 Å². The van der Waals surface area contributed by atoms with Gasteiger partial charge < -0.3 is 14.9 Å². The number of hydrogen-bond donors (Lipinski definition) is 2. The summed E-state index contributed by atoms with van der Waals surface area (Å²) < 4.78 is 0. The Bertz CT molecular complexity index is 1080. The van der Waals surface area contributed by atoms with Gasteiger partial charge in [0.25, 0.3) is 0 Å². The molecule has 0 bridgehead atoms. The number of hydrogen-bond acceptors (Lipinski definition) is 5. The van der Waals surface area contributed by atoms with E-state index >= 15 is 0 Å². The predicted molar refractivity (Wildman–Crippen MR) is 151 cm³/mol. The number of nitrogens with zero attached hydrogens (tertiary/aromatic N) is 5. The first-order valence-corrected chi connectivity index (χ1v) is 15.0. The molecule has 2 N–H and O–H groups in total. The minimum absolute atomic E-state index is 0.576. The van der Waals surface area contributed by atoms with Crippen molar-refractivity contribution >= 4 is 0 Å². The van der Waals surface area contributed by atoms with Crippen LogP contribution in [0.1, 0.15) is 74.0 Å². The van der Waals surface area contributed by atoms with E-state index in [2.05, 4.69) is 58.9 Å². The monoisotopic (exact) mass is 515 g/mol. The molecular formula is C31H45N7. The third-order valence-electron chi connectivity index (χ3n) is 9.48. The van der Waals surface area contributed by atoms with Crippen LogP contribution in [-0.4, -0.2) is 73.4 Å². The van der Waals surface area contributed by atoms with Gasteiger partial charge in [-0.05, 0) is 68.3 Å². The number of piperidine rings is 1. The number of likely N-dealkylation sites (tertiary alicyclic amines) is 2. The van der Waals surface area contributed by atoms with Crippen molar-refractivity contribution < 1.29 is 0 Å². The highest BCUT2D eigenvalue weighted by Crippen LogP contribution is 2.42. The Morgan fingerprint density at radius 2 is 1.71 bits per heavy atom. The summed E-state index contributed by atoms with van der Waals surface area (Å²) in [6, 6.07) is 10.3. The second-order valence-electron chi connectivity index (χ2n) is 12.2. The Labute approximate surface area is 228 Å². The zero-order valence-electron chi connectivity index (χ0n) is 23.0. The lowest BCUT2D eigenvalue weighted by atomic mass is 9.77. The topological polar surface area (TPSA) is 67.1 Å². The maximum Gasteiger partial charge on any atom is 0.120 e. The molecule has 3 aliphatic rings. The summed E-state index contributed by atoms with van der Waals surface area (Å²) in [6.07, 6.45) is 19.8. The molecule has 1 saturated carbocycles. The van der Waals surface area contributed by atoms with Gasteiger partial charge in [-0.25, -0.2) is 9.97 Å². The summed E-state index contributed by atoms with van der Waals surface area (Å²) in [7, 11) is 0. The maximum absolute atomic E-state index is 4.45. The van der Waals surface area contributed by atoms with Crippen LogP contribution in [0.5, 0.6) is 0 Å². The van der Waals surface area contributed by atoms with Crippen molar-refractivity contribution in [2.24, 2.45) is 5.41 Å².